The third kappa shape index (κ3) is 5.80. The second-order valence-electron chi connectivity index (χ2n) is 5.76. The Labute approximate surface area is 132 Å². The highest BCUT2D eigenvalue weighted by molar-refractivity contribution is 5.85. The number of carbonyl (C=O) groups is 2. The van der Waals surface area contributed by atoms with Crippen molar-refractivity contribution in [3.8, 4) is 0 Å². The molecule has 2 aliphatic rings. The molecule has 0 atom stereocenters. The van der Waals surface area contributed by atoms with Gasteiger partial charge in [-0.25, -0.2) is 0 Å². The Kier molecular flexibility index (Phi) is 8.00. The van der Waals surface area contributed by atoms with Crippen LogP contribution in [0.2, 0.25) is 0 Å². The summed E-state index contributed by atoms with van der Waals surface area (Å²) in [5.74, 6) is 0.450. The first kappa shape index (κ1) is 18.2. The number of piperidine rings is 1. The van der Waals surface area contributed by atoms with E-state index in [1.54, 1.807) is 0 Å². The Hall–Kier alpha value is -0.850. The highest BCUT2D eigenvalue weighted by atomic mass is 35.5. The SMILES string of the molecule is CCCNC(=O)CN1CCC(NC(=O)C2CNC2)CC1.Cl. The third-order valence-corrected chi connectivity index (χ3v) is 4.03. The number of amides is 2. The summed E-state index contributed by atoms with van der Waals surface area (Å²) in [5.41, 5.74) is 0. The molecule has 3 N–H and O–H groups in total. The van der Waals surface area contributed by atoms with Crippen molar-refractivity contribution < 1.29 is 9.59 Å². The first-order chi connectivity index (χ1) is 9.69. The van der Waals surface area contributed by atoms with Gasteiger partial charge in [0.25, 0.3) is 0 Å². The zero-order chi connectivity index (χ0) is 14.4. The lowest BCUT2D eigenvalue weighted by Gasteiger charge is -2.34. The second-order valence-corrected chi connectivity index (χ2v) is 5.76. The van der Waals surface area contributed by atoms with Crippen LogP contribution in [0.3, 0.4) is 0 Å². The third-order valence-electron chi connectivity index (χ3n) is 4.03. The Bertz CT molecular complexity index is 342. The summed E-state index contributed by atoms with van der Waals surface area (Å²) in [6, 6.07) is 0.276. The second kappa shape index (κ2) is 9.23. The van der Waals surface area contributed by atoms with E-state index in [4.69, 9.17) is 0 Å². The molecule has 6 nitrogen and oxygen atoms in total. The average Bonchev–Trinajstić information content (AvgIpc) is 2.36. The van der Waals surface area contributed by atoms with E-state index < -0.39 is 0 Å². The summed E-state index contributed by atoms with van der Waals surface area (Å²) in [7, 11) is 0. The van der Waals surface area contributed by atoms with Crippen LogP contribution in [0, 0.1) is 5.92 Å². The topological polar surface area (TPSA) is 73.5 Å². The van der Waals surface area contributed by atoms with Crippen LogP contribution in [0.4, 0.5) is 0 Å². The minimum absolute atomic E-state index is 0. The maximum absolute atomic E-state index is 11.8. The van der Waals surface area contributed by atoms with Crippen LogP contribution in [0.1, 0.15) is 26.2 Å². The number of hydrogen-bond acceptors (Lipinski definition) is 4. The summed E-state index contributed by atoms with van der Waals surface area (Å²) in [6.07, 6.45) is 2.84. The van der Waals surface area contributed by atoms with E-state index in [1.165, 1.54) is 0 Å². The van der Waals surface area contributed by atoms with Gasteiger partial charge in [0.15, 0.2) is 0 Å². The van der Waals surface area contributed by atoms with Gasteiger partial charge in [0, 0.05) is 38.8 Å². The van der Waals surface area contributed by atoms with Crippen molar-refractivity contribution >= 4 is 24.2 Å². The molecule has 0 aromatic rings. The van der Waals surface area contributed by atoms with Crippen molar-refractivity contribution in [2.24, 2.45) is 5.92 Å². The van der Waals surface area contributed by atoms with Gasteiger partial charge in [-0.05, 0) is 19.3 Å². The van der Waals surface area contributed by atoms with Crippen molar-refractivity contribution in [1.29, 1.82) is 0 Å². The van der Waals surface area contributed by atoms with E-state index in [9.17, 15) is 9.59 Å². The smallest absolute Gasteiger partial charge is 0.234 e. The fourth-order valence-electron chi connectivity index (χ4n) is 2.55. The molecule has 2 rings (SSSR count). The first-order valence-electron chi connectivity index (χ1n) is 7.69. The molecular weight excluding hydrogens is 292 g/mol. The van der Waals surface area contributed by atoms with Gasteiger partial charge in [-0.15, -0.1) is 12.4 Å². The van der Waals surface area contributed by atoms with E-state index in [2.05, 4.69) is 20.9 Å². The largest absolute Gasteiger partial charge is 0.355 e. The Morgan fingerprint density at radius 2 is 1.90 bits per heavy atom. The fraction of sp³-hybridized carbons (Fsp3) is 0.857. The highest BCUT2D eigenvalue weighted by Crippen LogP contribution is 2.11. The zero-order valence-electron chi connectivity index (χ0n) is 12.7. The maximum Gasteiger partial charge on any atom is 0.234 e. The molecule has 0 aromatic carbocycles. The lowest BCUT2D eigenvalue weighted by Crippen LogP contribution is -2.54. The molecule has 0 saturated carbocycles. The lowest BCUT2D eigenvalue weighted by atomic mass is 9.99. The van der Waals surface area contributed by atoms with Gasteiger partial charge in [-0.3, -0.25) is 14.5 Å². The average molecular weight is 319 g/mol. The molecule has 122 valence electrons. The number of likely N-dealkylation sites (tertiary alicyclic amines) is 1. The molecule has 0 aromatic heterocycles. The molecule has 0 aliphatic carbocycles. The minimum atomic E-state index is 0. The van der Waals surface area contributed by atoms with E-state index in [0.717, 1.165) is 52.0 Å². The van der Waals surface area contributed by atoms with Crippen LogP contribution >= 0.6 is 12.4 Å². The van der Waals surface area contributed by atoms with Gasteiger partial charge in [0.05, 0.1) is 12.5 Å². The van der Waals surface area contributed by atoms with Gasteiger partial charge >= 0.3 is 0 Å². The molecule has 2 saturated heterocycles. The van der Waals surface area contributed by atoms with Crippen molar-refractivity contribution in [2.45, 2.75) is 32.2 Å². The van der Waals surface area contributed by atoms with Crippen LogP contribution in [0.5, 0.6) is 0 Å². The lowest BCUT2D eigenvalue weighted by molar-refractivity contribution is -0.128. The number of nitrogens with zero attached hydrogens (tertiary/aromatic N) is 1. The molecule has 2 amide bonds. The van der Waals surface area contributed by atoms with E-state index in [-0.39, 0.29) is 36.2 Å². The molecule has 0 radical (unpaired) electrons. The standard InChI is InChI=1S/C14H26N4O2.ClH/c1-2-5-16-13(19)10-18-6-3-12(4-7-18)17-14(20)11-8-15-9-11;/h11-12,15H,2-10H2,1H3,(H,16,19)(H,17,20);1H. The van der Waals surface area contributed by atoms with Gasteiger partial charge in [0.1, 0.15) is 0 Å². The summed E-state index contributed by atoms with van der Waals surface area (Å²) in [4.78, 5) is 25.6. The molecule has 0 spiro atoms. The molecule has 2 heterocycles. The van der Waals surface area contributed by atoms with Gasteiger partial charge in [0.2, 0.25) is 11.8 Å². The summed E-state index contributed by atoms with van der Waals surface area (Å²) in [6.45, 7) is 6.66. The molecule has 0 unspecified atom stereocenters. The van der Waals surface area contributed by atoms with Crippen molar-refractivity contribution in [1.82, 2.24) is 20.9 Å². The summed E-state index contributed by atoms with van der Waals surface area (Å²) < 4.78 is 0. The minimum Gasteiger partial charge on any atom is -0.355 e. The number of hydrogen-bond donors (Lipinski definition) is 3. The molecule has 7 heteroatoms. The Morgan fingerprint density at radius 1 is 1.24 bits per heavy atom. The number of carbonyl (C=O) groups excluding carboxylic acids is 2. The van der Waals surface area contributed by atoms with E-state index in [0.29, 0.717) is 6.54 Å². The van der Waals surface area contributed by atoms with Crippen LogP contribution < -0.4 is 16.0 Å². The monoisotopic (exact) mass is 318 g/mol. The molecular formula is C14H27ClN4O2. The van der Waals surface area contributed by atoms with Gasteiger partial charge in [-0.1, -0.05) is 6.92 Å². The quantitative estimate of drug-likeness (QED) is 0.630. The molecule has 21 heavy (non-hydrogen) atoms. The predicted molar refractivity (Wildman–Crippen MR) is 84.5 cm³/mol. The van der Waals surface area contributed by atoms with Gasteiger partial charge in [-0.2, -0.15) is 0 Å². The zero-order valence-corrected chi connectivity index (χ0v) is 13.5. The highest BCUT2D eigenvalue weighted by Gasteiger charge is 2.28. The summed E-state index contributed by atoms with van der Waals surface area (Å²) >= 11 is 0. The summed E-state index contributed by atoms with van der Waals surface area (Å²) in [5, 5.41) is 9.13. The van der Waals surface area contributed by atoms with Gasteiger partial charge < -0.3 is 16.0 Å². The Balaban J connectivity index is 0.00000220. The number of rotatable bonds is 6. The van der Waals surface area contributed by atoms with Crippen LogP contribution in [0.25, 0.3) is 0 Å². The molecule has 2 aliphatic heterocycles. The first-order valence-corrected chi connectivity index (χ1v) is 7.69. The van der Waals surface area contributed by atoms with Crippen molar-refractivity contribution in [3.63, 3.8) is 0 Å². The van der Waals surface area contributed by atoms with Crippen LogP contribution in [0.15, 0.2) is 0 Å². The van der Waals surface area contributed by atoms with E-state index >= 15 is 0 Å². The van der Waals surface area contributed by atoms with Crippen LogP contribution in [-0.2, 0) is 9.59 Å². The Morgan fingerprint density at radius 3 is 2.43 bits per heavy atom. The fourth-order valence-corrected chi connectivity index (χ4v) is 2.55. The molecule has 2 fully saturated rings. The van der Waals surface area contributed by atoms with E-state index in [1.807, 2.05) is 6.92 Å². The predicted octanol–water partition coefficient (Wildman–Crippen LogP) is -0.266. The van der Waals surface area contributed by atoms with Crippen molar-refractivity contribution in [3.05, 3.63) is 0 Å². The van der Waals surface area contributed by atoms with Crippen molar-refractivity contribution in [2.75, 3.05) is 39.3 Å². The molecule has 0 bridgehead atoms. The normalized spacial score (nSPS) is 20.2. The van der Waals surface area contributed by atoms with Crippen LogP contribution in [-0.4, -0.2) is 62.0 Å². The number of nitrogens with one attached hydrogen (secondary N) is 3. The maximum atomic E-state index is 11.8. The number of halogens is 1.